The first-order valence-electron chi connectivity index (χ1n) is 9.37. The summed E-state index contributed by atoms with van der Waals surface area (Å²) in [6.45, 7) is 2.51. The van der Waals surface area contributed by atoms with Gasteiger partial charge in [-0.25, -0.2) is 14.8 Å². The average molecular weight is 370 g/mol. The number of hydrogen-bond acceptors (Lipinski definition) is 5. The van der Waals surface area contributed by atoms with Gasteiger partial charge in [0.2, 0.25) is 0 Å². The molecule has 1 aromatic heterocycles. The van der Waals surface area contributed by atoms with Gasteiger partial charge in [0.25, 0.3) is 0 Å². The molecule has 1 atom stereocenters. The van der Waals surface area contributed by atoms with Gasteiger partial charge in [-0.15, -0.1) is 0 Å². The molecule has 2 amide bonds. The number of aromatic hydroxyl groups is 1. The van der Waals surface area contributed by atoms with Crippen molar-refractivity contribution in [3.63, 3.8) is 0 Å². The van der Waals surface area contributed by atoms with Gasteiger partial charge in [0.05, 0.1) is 6.10 Å². The van der Waals surface area contributed by atoms with Gasteiger partial charge in [-0.05, 0) is 55.9 Å². The van der Waals surface area contributed by atoms with Crippen molar-refractivity contribution in [1.82, 2.24) is 20.6 Å². The number of benzene rings is 1. The van der Waals surface area contributed by atoms with Gasteiger partial charge in [-0.2, -0.15) is 0 Å². The number of amides is 2. The van der Waals surface area contributed by atoms with E-state index in [9.17, 15) is 15.0 Å². The third-order valence-electron chi connectivity index (χ3n) is 4.78. The van der Waals surface area contributed by atoms with Crippen LogP contribution in [-0.4, -0.2) is 39.3 Å². The highest BCUT2D eigenvalue weighted by Crippen LogP contribution is 2.21. The number of rotatable bonds is 6. The highest BCUT2D eigenvalue weighted by Gasteiger charge is 2.15. The van der Waals surface area contributed by atoms with Crippen molar-refractivity contribution in [2.24, 2.45) is 0 Å². The molecule has 1 aliphatic carbocycles. The second-order valence-electron chi connectivity index (χ2n) is 6.86. The van der Waals surface area contributed by atoms with Crippen molar-refractivity contribution in [2.45, 2.75) is 45.1 Å². The van der Waals surface area contributed by atoms with Gasteiger partial charge in [-0.3, -0.25) is 0 Å². The number of hydrogen-bond donors (Lipinski definition) is 4. The minimum absolute atomic E-state index is 0.0593. The van der Waals surface area contributed by atoms with Crippen LogP contribution in [0.1, 0.15) is 47.3 Å². The van der Waals surface area contributed by atoms with Gasteiger partial charge in [-0.1, -0.05) is 12.1 Å². The molecular weight excluding hydrogens is 344 g/mol. The molecule has 0 aliphatic heterocycles. The van der Waals surface area contributed by atoms with E-state index in [0.29, 0.717) is 18.5 Å². The molecule has 0 fully saturated rings. The Balaban J connectivity index is 1.44. The number of aliphatic hydroxyl groups is 1. The largest absolute Gasteiger partial charge is 0.508 e. The molecule has 27 heavy (non-hydrogen) atoms. The Bertz CT molecular complexity index is 810. The Hall–Kier alpha value is -2.67. The molecule has 4 N–H and O–H groups in total. The van der Waals surface area contributed by atoms with Crippen LogP contribution in [0.4, 0.5) is 4.79 Å². The zero-order valence-electron chi connectivity index (χ0n) is 15.5. The number of phenolic OH excluding ortho intramolecular Hbond substituents is 1. The van der Waals surface area contributed by atoms with Gasteiger partial charge in [0.1, 0.15) is 11.6 Å². The number of aliphatic hydroxyl groups excluding tert-OH is 1. The van der Waals surface area contributed by atoms with Crippen LogP contribution < -0.4 is 10.6 Å². The van der Waals surface area contributed by atoms with E-state index in [4.69, 9.17) is 0 Å². The monoisotopic (exact) mass is 370 g/mol. The number of aromatic nitrogens is 2. The first kappa shape index (κ1) is 19.1. The molecule has 0 unspecified atom stereocenters. The zero-order chi connectivity index (χ0) is 19.2. The molecule has 144 valence electrons. The van der Waals surface area contributed by atoms with E-state index in [1.807, 2.05) is 6.92 Å². The quantitative estimate of drug-likeness (QED) is 0.622. The Morgan fingerprint density at radius 3 is 2.85 bits per heavy atom. The van der Waals surface area contributed by atoms with Gasteiger partial charge >= 0.3 is 6.03 Å². The maximum atomic E-state index is 11.9. The lowest BCUT2D eigenvalue weighted by atomic mass is 9.95. The number of phenols is 1. The summed E-state index contributed by atoms with van der Waals surface area (Å²) in [7, 11) is 0. The normalized spacial score (nSPS) is 14.3. The maximum Gasteiger partial charge on any atom is 0.314 e. The molecule has 0 radical (unpaired) electrons. The topological polar surface area (TPSA) is 107 Å². The maximum absolute atomic E-state index is 11.9. The van der Waals surface area contributed by atoms with E-state index in [1.54, 1.807) is 12.1 Å². The van der Waals surface area contributed by atoms with Gasteiger partial charge in [0, 0.05) is 30.9 Å². The van der Waals surface area contributed by atoms with Crippen LogP contribution in [0.5, 0.6) is 5.75 Å². The summed E-state index contributed by atoms with van der Waals surface area (Å²) in [5.41, 5.74) is 4.04. The Morgan fingerprint density at radius 1 is 1.22 bits per heavy atom. The van der Waals surface area contributed by atoms with Gasteiger partial charge < -0.3 is 20.8 Å². The van der Waals surface area contributed by atoms with Crippen LogP contribution in [0.2, 0.25) is 0 Å². The number of carbonyl (C=O) groups excluding carboxylic acids is 1. The summed E-state index contributed by atoms with van der Waals surface area (Å²) in [5, 5.41) is 24.9. The Morgan fingerprint density at radius 2 is 2.04 bits per heavy atom. The van der Waals surface area contributed by atoms with E-state index in [1.165, 1.54) is 30.5 Å². The van der Waals surface area contributed by atoms with Crippen molar-refractivity contribution < 1.29 is 15.0 Å². The fourth-order valence-electron chi connectivity index (χ4n) is 3.35. The SMILES string of the molecule is Cc1nc(CCNC(=O)NC[C@H](O)c2cccc(O)c2)nc2c1CCCC2. The lowest BCUT2D eigenvalue weighted by Gasteiger charge is -2.17. The van der Waals surface area contributed by atoms with Crippen LogP contribution >= 0.6 is 0 Å². The predicted molar refractivity (Wildman–Crippen MR) is 102 cm³/mol. The number of nitrogens with one attached hydrogen (secondary N) is 2. The summed E-state index contributed by atoms with van der Waals surface area (Å²) in [6, 6.07) is 5.98. The number of nitrogens with zero attached hydrogens (tertiary/aromatic N) is 2. The van der Waals surface area contributed by atoms with Crippen molar-refractivity contribution in [3.8, 4) is 5.75 Å². The van der Waals surface area contributed by atoms with E-state index in [0.717, 1.165) is 30.1 Å². The molecule has 1 heterocycles. The fourth-order valence-corrected chi connectivity index (χ4v) is 3.35. The molecule has 0 bridgehead atoms. The first-order valence-corrected chi connectivity index (χ1v) is 9.37. The molecule has 2 aromatic rings. The van der Waals surface area contributed by atoms with E-state index in [2.05, 4.69) is 20.6 Å². The second-order valence-corrected chi connectivity index (χ2v) is 6.86. The molecule has 0 saturated heterocycles. The predicted octanol–water partition coefficient (Wildman–Crippen LogP) is 1.94. The van der Waals surface area contributed by atoms with Crippen LogP contribution in [0, 0.1) is 6.92 Å². The highest BCUT2D eigenvalue weighted by atomic mass is 16.3. The van der Waals surface area contributed by atoms with Crippen molar-refractivity contribution in [1.29, 1.82) is 0 Å². The first-order chi connectivity index (χ1) is 13.0. The number of fused-ring (bicyclic) bond motifs is 1. The van der Waals surface area contributed by atoms with Crippen LogP contribution in [0.15, 0.2) is 24.3 Å². The number of aryl methyl sites for hydroxylation is 2. The van der Waals surface area contributed by atoms with Gasteiger partial charge in [0.15, 0.2) is 0 Å². The third kappa shape index (κ3) is 5.17. The van der Waals surface area contributed by atoms with E-state index >= 15 is 0 Å². The summed E-state index contributed by atoms with van der Waals surface area (Å²) in [6.07, 6.45) is 4.12. The molecule has 3 rings (SSSR count). The van der Waals surface area contributed by atoms with Crippen molar-refractivity contribution in [3.05, 3.63) is 52.6 Å². The van der Waals surface area contributed by atoms with Crippen molar-refractivity contribution in [2.75, 3.05) is 13.1 Å². The fraction of sp³-hybridized carbons (Fsp3) is 0.450. The molecular formula is C20H26N4O3. The standard InChI is InChI=1S/C20H26N4O3/c1-13-16-7-2-3-8-17(16)24-19(23-13)9-10-21-20(27)22-12-18(26)14-5-4-6-15(25)11-14/h4-6,11,18,25-26H,2-3,7-10,12H2,1H3,(H2,21,22,27)/t18-/m0/s1. The molecule has 1 aliphatic rings. The second kappa shape index (κ2) is 8.81. The minimum atomic E-state index is -0.880. The molecule has 1 aromatic carbocycles. The molecule has 0 spiro atoms. The van der Waals surface area contributed by atoms with Crippen molar-refractivity contribution >= 4 is 6.03 Å². The smallest absolute Gasteiger partial charge is 0.314 e. The Labute approximate surface area is 158 Å². The zero-order valence-corrected chi connectivity index (χ0v) is 15.5. The third-order valence-corrected chi connectivity index (χ3v) is 4.78. The Kier molecular flexibility index (Phi) is 6.24. The number of carbonyl (C=O) groups is 1. The number of urea groups is 1. The minimum Gasteiger partial charge on any atom is -0.508 e. The highest BCUT2D eigenvalue weighted by molar-refractivity contribution is 5.73. The van der Waals surface area contributed by atoms with E-state index < -0.39 is 6.10 Å². The van der Waals surface area contributed by atoms with Crippen LogP contribution in [-0.2, 0) is 19.3 Å². The summed E-state index contributed by atoms with van der Waals surface area (Å²) < 4.78 is 0. The summed E-state index contributed by atoms with van der Waals surface area (Å²) in [5.74, 6) is 0.838. The molecule has 7 heteroatoms. The molecule has 0 saturated carbocycles. The van der Waals surface area contributed by atoms with Crippen LogP contribution in [0.25, 0.3) is 0 Å². The summed E-state index contributed by atoms with van der Waals surface area (Å²) in [4.78, 5) is 21.1. The lowest BCUT2D eigenvalue weighted by molar-refractivity contribution is 0.173. The van der Waals surface area contributed by atoms with E-state index in [-0.39, 0.29) is 18.3 Å². The lowest BCUT2D eigenvalue weighted by Crippen LogP contribution is -2.38. The average Bonchev–Trinajstić information content (AvgIpc) is 2.66. The molecule has 7 nitrogen and oxygen atoms in total. The van der Waals surface area contributed by atoms with Crippen LogP contribution in [0.3, 0.4) is 0 Å². The summed E-state index contributed by atoms with van der Waals surface area (Å²) >= 11 is 0.